The van der Waals surface area contributed by atoms with Crippen LogP contribution in [-0.4, -0.2) is 35.8 Å². The van der Waals surface area contributed by atoms with Crippen LogP contribution in [0.25, 0.3) is 0 Å². The van der Waals surface area contributed by atoms with Gasteiger partial charge in [-0.3, -0.25) is 9.48 Å². The number of carbonyl (C=O) groups excluding carboxylic acids is 1. The molecule has 0 radical (unpaired) electrons. The summed E-state index contributed by atoms with van der Waals surface area (Å²) in [5.74, 6) is -0.0618. The van der Waals surface area contributed by atoms with Crippen molar-refractivity contribution < 1.29 is 4.79 Å². The van der Waals surface area contributed by atoms with Gasteiger partial charge < -0.3 is 10.6 Å². The molecule has 0 unspecified atom stereocenters. The van der Waals surface area contributed by atoms with Crippen molar-refractivity contribution in [1.29, 1.82) is 0 Å². The van der Waals surface area contributed by atoms with Crippen LogP contribution in [0.15, 0.2) is 6.20 Å². The maximum atomic E-state index is 11.9. The van der Waals surface area contributed by atoms with Gasteiger partial charge >= 0.3 is 0 Å². The zero-order valence-corrected chi connectivity index (χ0v) is 11.3. The van der Waals surface area contributed by atoms with Crippen molar-refractivity contribution in [2.45, 2.75) is 33.2 Å². The van der Waals surface area contributed by atoms with Crippen molar-refractivity contribution >= 4 is 5.91 Å². The Balaban J connectivity index is 2.79. The molecule has 96 valence electrons. The molecule has 1 amide bonds. The fourth-order valence-electron chi connectivity index (χ4n) is 1.71. The van der Waals surface area contributed by atoms with Gasteiger partial charge in [0.05, 0.1) is 17.3 Å². The van der Waals surface area contributed by atoms with Crippen molar-refractivity contribution in [3.05, 3.63) is 17.5 Å². The van der Waals surface area contributed by atoms with Gasteiger partial charge in [0.15, 0.2) is 0 Å². The van der Waals surface area contributed by atoms with E-state index in [2.05, 4.69) is 36.5 Å². The van der Waals surface area contributed by atoms with Gasteiger partial charge in [-0.1, -0.05) is 0 Å². The lowest BCUT2D eigenvalue weighted by Crippen LogP contribution is -2.31. The number of carbonyl (C=O) groups is 1. The molecule has 0 atom stereocenters. The van der Waals surface area contributed by atoms with Crippen LogP contribution in [0.5, 0.6) is 0 Å². The molecule has 2 N–H and O–H groups in total. The molecule has 0 saturated carbocycles. The van der Waals surface area contributed by atoms with Crippen LogP contribution in [0, 0.1) is 6.92 Å². The van der Waals surface area contributed by atoms with E-state index in [1.807, 2.05) is 18.7 Å². The van der Waals surface area contributed by atoms with Crippen molar-refractivity contribution in [2.24, 2.45) is 0 Å². The van der Waals surface area contributed by atoms with E-state index in [9.17, 15) is 4.79 Å². The molecule has 0 aliphatic heterocycles. The number of likely N-dealkylation sites (N-methyl/N-ethyl adjacent to an activating group) is 1. The molecular weight excluding hydrogens is 216 g/mol. The molecule has 1 aromatic rings. The summed E-state index contributed by atoms with van der Waals surface area (Å²) in [6, 6.07) is 0. The van der Waals surface area contributed by atoms with Gasteiger partial charge in [0.1, 0.15) is 0 Å². The molecule has 0 bridgehead atoms. The smallest absolute Gasteiger partial charge is 0.254 e. The molecule has 0 saturated heterocycles. The lowest BCUT2D eigenvalue weighted by molar-refractivity contribution is 0.0953. The van der Waals surface area contributed by atoms with Gasteiger partial charge in [0, 0.05) is 18.8 Å². The second kappa shape index (κ2) is 5.31. The van der Waals surface area contributed by atoms with E-state index in [4.69, 9.17) is 0 Å². The molecule has 0 aliphatic carbocycles. The summed E-state index contributed by atoms with van der Waals surface area (Å²) < 4.78 is 1.87. The quantitative estimate of drug-likeness (QED) is 0.766. The third kappa shape index (κ3) is 3.30. The topological polar surface area (TPSA) is 58.9 Å². The standard InChI is InChI=1S/C12H22N4O/c1-9-10(11(17)14-7-6-13-5)8-15-16(9)12(2,3)4/h8,13H,6-7H2,1-5H3,(H,14,17). The highest BCUT2D eigenvalue weighted by molar-refractivity contribution is 5.95. The summed E-state index contributed by atoms with van der Waals surface area (Å²) in [5, 5.41) is 10.1. The molecule has 0 fully saturated rings. The third-order valence-corrected chi connectivity index (χ3v) is 2.55. The van der Waals surface area contributed by atoms with Crippen molar-refractivity contribution in [3.63, 3.8) is 0 Å². The monoisotopic (exact) mass is 238 g/mol. The molecule has 0 aromatic carbocycles. The average Bonchev–Trinajstić information content (AvgIpc) is 2.59. The average molecular weight is 238 g/mol. The van der Waals surface area contributed by atoms with E-state index >= 15 is 0 Å². The van der Waals surface area contributed by atoms with Gasteiger partial charge in [0.2, 0.25) is 0 Å². The Hall–Kier alpha value is -1.36. The van der Waals surface area contributed by atoms with Gasteiger partial charge in [-0.05, 0) is 34.7 Å². The first-order valence-corrected chi connectivity index (χ1v) is 5.86. The Kier molecular flexibility index (Phi) is 4.28. The summed E-state index contributed by atoms with van der Waals surface area (Å²) in [6.07, 6.45) is 1.63. The predicted molar refractivity (Wildman–Crippen MR) is 68.2 cm³/mol. The molecule has 5 heteroatoms. The number of hydrogen-bond acceptors (Lipinski definition) is 3. The number of amides is 1. The van der Waals surface area contributed by atoms with Crippen molar-refractivity contribution in [1.82, 2.24) is 20.4 Å². The highest BCUT2D eigenvalue weighted by atomic mass is 16.1. The van der Waals surface area contributed by atoms with Crippen LogP contribution >= 0.6 is 0 Å². The summed E-state index contributed by atoms with van der Waals surface area (Å²) in [7, 11) is 1.86. The van der Waals surface area contributed by atoms with Crippen molar-refractivity contribution in [2.75, 3.05) is 20.1 Å². The highest BCUT2D eigenvalue weighted by Gasteiger charge is 2.21. The van der Waals surface area contributed by atoms with Crippen LogP contribution in [0.3, 0.4) is 0 Å². The van der Waals surface area contributed by atoms with E-state index in [1.165, 1.54) is 0 Å². The lowest BCUT2D eigenvalue weighted by Gasteiger charge is -2.21. The Labute approximate surface area is 103 Å². The summed E-state index contributed by atoms with van der Waals surface area (Å²) in [4.78, 5) is 11.9. The molecule has 1 aromatic heterocycles. The van der Waals surface area contributed by atoms with Crippen LogP contribution < -0.4 is 10.6 Å². The third-order valence-electron chi connectivity index (χ3n) is 2.55. The van der Waals surface area contributed by atoms with Crippen LogP contribution in [-0.2, 0) is 5.54 Å². The lowest BCUT2D eigenvalue weighted by atomic mass is 10.1. The molecule has 1 rings (SSSR count). The van der Waals surface area contributed by atoms with E-state index in [0.717, 1.165) is 12.2 Å². The van der Waals surface area contributed by atoms with Gasteiger partial charge in [-0.15, -0.1) is 0 Å². The zero-order chi connectivity index (χ0) is 13.1. The zero-order valence-electron chi connectivity index (χ0n) is 11.3. The maximum Gasteiger partial charge on any atom is 0.254 e. The molecule has 17 heavy (non-hydrogen) atoms. The van der Waals surface area contributed by atoms with Gasteiger partial charge in [0.25, 0.3) is 5.91 Å². The second-order valence-corrected chi connectivity index (χ2v) is 5.09. The Bertz CT molecular complexity index is 390. The number of nitrogens with zero attached hydrogens (tertiary/aromatic N) is 2. The van der Waals surface area contributed by atoms with Crippen LogP contribution in [0.4, 0.5) is 0 Å². The fraction of sp³-hybridized carbons (Fsp3) is 0.667. The van der Waals surface area contributed by atoms with Gasteiger partial charge in [-0.2, -0.15) is 5.10 Å². The van der Waals surface area contributed by atoms with E-state index < -0.39 is 0 Å². The summed E-state index contributed by atoms with van der Waals surface area (Å²) >= 11 is 0. The normalized spacial score (nSPS) is 11.6. The number of nitrogens with one attached hydrogen (secondary N) is 2. The minimum Gasteiger partial charge on any atom is -0.351 e. The minimum atomic E-state index is -0.104. The fourth-order valence-corrected chi connectivity index (χ4v) is 1.71. The molecule has 0 spiro atoms. The van der Waals surface area contributed by atoms with Gasteiger partial charge in [-0.25, -0.2) is 0 Å². The van der Waals surface area contributed by atoms with E-state index in [0.29, 0.717) is 12.1 Å². The molecule has 1 heterocycles. The molecular formula is C12H22N4O. The first-order valence-electron chi connectivity index (χ1n) is 5.86. The highest BCUT2D eigenvalue weighted by Crippen LogP contribution is 2.17. The first-order chi connectivity index (χ1) is 7.88. The molecule has 0 aliphatic rings. The first kappa shape index (κ1) is 13.7. The molecule has 5 nitrogen and oxygen atoms in total. The van der Waals surface area contributed by atoms with E-state index in [-0.39, 0.29) is 11.4 Å². The summed E-state index contributed by atoms with van der Waals surface area (Å²) in [5.41, 5.74) is 1.45. The number of aromatic nitrogens is 2. The second-order valence-electron chi connectivity index (χ2n) is 5.09. The van der Waals surface area contributed by atoms with E-state index in [1.54, 1.807) is 6.20 Å². The number of rotatable bonds is 4. The number of hydrogen-bond donors (Lipinski definition) is 2. The Morgan fingerprint density at radius 3 is 2.53 bits per heavy atom. The largest absolute Gasteiger partial charge is 0.351 e. The minimum absolute atomic E-state index is 0.0618. The van der Waals surface area contributed by atoms with Crippen LogP contribution in [0.2, 0.25) is 0 Å². The Morgan fingerprint density at radius 1 is 1.41 bits per heavy atom. The predicted octanol–water partition coefficient (Wildman–Crippen LogP) is 0.896. The summed E-state index contributed by atoms with van der Waals surface area (Å²) in [6.45, 7) is 9.50. The van der Waals surface area contributed by atoms with Crippen molar-refractivity contribution in [3.8, 4) is 0 Å². The SMILES string of the molecule is CNCCNC(=O)c1cnn(C(C)(C)C)c1C. The maximum absolute atomic E-state index is 11.9. The van der Waals surface area contributed by atoms with Crippen LogP contribution in [0.1, 0.15) is 36.8 Å². The Morgan fingerprint density at radius 2 is 2.06 bits per heavy atom.